The van der Waals surface area contributed by atoms with Gasteiger partial charge in [-0.3, -0.25) is 9.59 Å². The summed E-state index contributed by atoms with van der Waals surface area (Å²) in [4.78, 5) is 28.5. The first-order valence-electron chi connectivity index (χ1n) is 9.73. The van der Waals surface area contributed by atoms with E-state index in [9.17, 15) is 9.59 Å². The molecular formula is C22H22N2O3. The zero-order valence-corrected chi connectivity index (χ0v) is 15.2. The second kappa shape index (κ2) is 6.41. The molecule has 0 unspecified atom stereocenters. The zero-order valence-electron chi connectivity index (χ0n) is 15.2. The highest BCUT2D eigenvalue weighted by Gasteiger charge is 2.31. The summed E-state index contributed by atoms with van der Waals surface area (Å²) in [5.41, 5.74) is 2.29. The Labute approximate surface area is 157 Å². The Morgan fingerprint density at radius 1 is 1.07 bits per heavy atom. The average Bonchev–Trinajstić information content (AvgIpc) is 3.30. The van der Waals surface area contributed by atoms with Crippen molar-refractivity contribution in [3.8, 4) is 0 Å². The van der Waals surface area contributed by atoms with Gasteiger partial charge in [0, 0.05) is 24.7 Å². The maximum absolute atomic E-state index is 13.5. The van der Waals surface area contributed by atoms with Gasteiger partial charge >= 0.3 is 0 Å². The van der Waals surface area contributed by atoms with Crippen LogP contribution in [0.25, 0.3) is 10.9 Å². The number of pyridine rings is 1. The van der Waals surface area contributed by atoms with Crippen molar-refractivity contribution in [2.24, 2.45) is 0 Å². The summed E-state index contributed by atoms with van der Waals surface area (Å²) in [6.07, 6.45) is 8.30. The van der Waals surface area contributed by atoms with Crippen LogP contribution in [0.1, 0.15) is 53.4 Å². The van der Waals surface area contributed by atoms with Gasteiger partial charge < -0.3 is 13.9 Å². The van der Waals surface area contributed by atoms with Crippen LogP contribution in [-0.2, 0) is 13.0 Å². The standard InChI is InChI=1S/C22H22N2O3/c25-21-16-7-4-6-15-10-12-23(20(15)16)14-17(21)22(26)24-11-3-1-2-8-18(24)19-9-5-13-27-19/h4-7,9,13-14,18H,1-3,8,10-12H2/t18-/m0/s1. The molecule has 0 aliphatic carbocycles. The minimum atomic E-state index is -0.175. The normalized spacial score (nSPS) is 19.4. The van der Waals surface area contributed by atoms with Crippen LogP contribution in [0.2, 0.25) is 0 Å². The number of carbonyl (C=O) groups excluding carboxylic acids is 1. The second-order valence-electron chi connectivity index (χ2n) is 7.51. The summed E-state index contributed by atoms with van der Waals surface area (Å²) >= 11 is 0. The molecule has 0 N–H and O–H groups in total. The van der Waals surface area contributed by atoms with Gasteiger partial charge in [-0.2, -0.15) is 0 Å². The van der Waals surface area contributed by atoms with Crippen molar-refractivity contribution >= 4 is 16.8 Å². The molecular weight excluding hydrogens is 340 g/mol. The van der Waals surface area contributed by atoms with Crippen molar-refractivity contribution in [2.45, 2.75) is 44.7 Å². The van der Waals surface area contributed by atoms with Crippen LogP contribution in [0.4, 0.5) is 0 Å². The Kier molecular flexibility index (Phi) is 3.88. The highest BCUT2D eigenvalue weighted by Crippen LogP contribution is 2.32. The van der Waals surface area contributed by atoms with Crippen LogP contribution in [0.15, 0.2) is 52.0 Å². The van der Waals surface area contributed by atoms with Gasteiger partial charge in [-0.25, -0.2) is 0 Å². The largest absolute Gasteiger partial charge is 0.467 e. The Morgan fingerprint density at radius 3 is 2.85 bits per heavy atom. The molecule has 5 heteroatoms. The lowest BCUT2D eigenvalue weighted by Crippen LogP contribution is -2.37. The van der Waals surface area contributed by atoms with Crippen molar-refractivity contribution in [3.05, 3.63) is 69.9 Å². The topological polar surface area (TPSA) is 55.5 Å². The molecule has 0 saturated carbocycles. The zero-order chi connectivity index (χ0) is 18.4. The molecule has 5 nitrogen and oxygen atoms in total. The maximum atomic E-state index is 13.5. The molecule has 0 radical (unpaired) electrons. The fourth-order valence-electron chi connectivity index (χ4n) is 4.59. The fraction of sp³-hybridized carbons (Fsp3) is 0.364. The third kappa shape index (κ3) is 2.60. The molecule has 1 fully saturated rings. The third-order valence-electron chi connectivity index (χ3n) is 5.92. The van der Waals surface area contributed by atoms with E-state index in [1.54, 1.807) is 12.5 Å². The first kappa shape index (κ1) is 16.4. The van der Waals surface area contributed by atoms with Crippen molar-refractivity contribution in [1.29, 1.82) is 0 Å². The predicted molar refractivity (Wildman–Crippen MR) is 103 cm³/mol. The molecule has 5 rings (SSSR count). The lowest BCUT2D eigenvalue weighted by atomic mass is 10.0. The molecule has 1 aromatic carbocycles. The SMILES string of the molecule is O=C(c1cn2c3c(cccc3c1=O)CC2)N1CCCCC[C@H]1c1ccco1. The number of aryl methyl sites for hydroxylation is 2. The molecule has 3 aromatic rings. The third-order valence-corrected chi connectivity index (χ3v) is 5.92. The molecule has 4 heterocycles. The number of amides is 1. The van der Waals surface area contributed by atoms with Gasteiger partial charge in [0.05, 0.1) is 17.8 Å². The number of para-hydroxylation sites is 1. The monoisotopic (exact) mass is 362 g/mol. The number of hydrogen-bond acceptors (Lipinski definition) is 3. The number of nitrogens with zero attached hydrogens (tertiary/aromatic N) is 2. The number of furan rings is 1. The van der Waals surface area contributed by atoms with Crippen molar-refractivity contribution in [2.75, 3.05) is 6.54 Å². The molecule has 1 atom stereocenters. The summed E-state index contributed by atoms with van der Waals surface area (Å²) < 4.78 is 7.69. The minimum Gasteiger partial charge on any atom is -0.467 e. The van der Waals surface area contributed by atoms with E-state index >= 15 is 0 Å². The van der Waals surface area contributed by atoms with Crippen LogP contribution in [0.5, 0.6) is 0 Å². The highest BCUT2D eigenvalue weighted by atomic mass is 16.3. The van der Waals surface area contributed by atoms with Crippen LogP contribution >= 0.6 is 0 Å². The predicted octanol–water partition coefficient (Wildman–Crippen LogP) is 3.91. The number of likely N-dealkylation sites (tertiary alicyclic amines) is 1. The van der Waals surface area contributed by atoms with E-state index in [2.05, 4.69) is 10.6 Å². The summed E-state index contributed by atoms with van der Waals surface area (Å²) in [5, 5.41) is 0.653. The Balaban J connectivity index is 1.61. The molecule has 1 amide bonds. The molecule has 138 valence electrons. The van der Waals surface area contributed by atoms with Crippen LogP contribution < -0.4 is 5.43 Å². The molecule has 0 bridgehead atoms. The summed E-state index contributed by atoms with van der Waals surface area (Å²) in [6.45, 7) is 1.47. The number of aromatic nitrogens is 1. The smallest absolute Gasteiger partial charge is 0.259 e. The Bertz CT molecular complexity index is 1070. The molecule has 2 aromatic heterocycles. The van der Waals surface area contributed by atoms with Gasteiger partial charge in [-0.15, -0.1) is 0 Å². The van der Waals surface area contributed by atoms with Gasteiger partial charge in [-0.1, -0.05) is 25.0 Å². The number of carbonyl (C=O) groups is 1. The molecule has 0 spiro atoms. The summed E-state index contributed by atoms with van der Waals surface area (Å²) in [5.74, 6) is 0.629. The molecule has 2 aliphatic rings. The maximum Gasteiger partial charge on any atom is 0.259 e. The van der Waals surface area contributed by atoms with Crippen molar-refractivity contribution in [1.82, 2.24) is 9.47 Å². The van der Waals surface area contributed by atoms with E-state index in [0.717, 1.165) is 49.9 Å². The Hall–Kier alpha value is -2.82. The van der Waals surface area contributed by atoms with Crippen molar-refractivity contribution in [3.63, 3.8) is 0 Å². The first-order chi connectivity index (χ1) is 13.2. The molecule has 2 aliphatic heterocycles. The van der Waals surface area contributed by atoms with E-state index in [0.29, 0.717) is 11.9 Å². The van der Waals surface area contributed by atoms with E-state index in [1.165, 1.54) is 5.56 Å². The second-order valence-corrected chi connectivity index (χ2v) is 7.51. The lowest BCUT2D eigenvalue weighted by molar-refractivity contribution is 0.0656. The number of rotatable bonds is 2. The van der Waals surface area contributed by atoms with E-state index in [4.69, 9.17) is 4.42 Å². The van der Waals surface area contributed by atoms with Gasteiger partial charge in [0.1, 0.15) is 11.3 Å². The van der Waals surface area contributed by atoms with Crippen molar-refractivity contribution < 1.29 is 9.21 Å². The summed E-state index contributed by atoms with van der Waals surface area (Å²) in [6, 6.07) is 9.50. The molecule has 1 saturated heterocycles. The van der Waals surface area contributed by atoms with Crippen LogP contribution in [-0.4, -0.2) is 21.9 Å². The van der Waals surface area contributed by atoms with Crippen LogP contribution in [0, 0.1) is 0 Å². The Morgan fingerprint density at radius 2 is 2.00 bits per heavy atom. The number of benzene rings is 1. The van der Waals surface area contributed by atoms with Crippen LogP contribution in [0.3, 0.4) is 0 Å². The first-order valence-corrected chi connectivity index (χ1v) is 9.73. The number of hydrogen-bond donors (Lipinski definition) is 0. The van der Waals surface area contributed by atoms with Gasteiger partial charge in [0.15, 0.2) is 0 Å². The highest BCUT2D eigenvalue weighted by molar-refractivity contribution is 5.98. The minimum absolute atomic E-state index is 0.102. The van der Waals surface area contributed by atoms with E-state index in [-0.39, 0.29) is 22.9 Å². The van der Waals surface area contributed by atoms with Gasteiger partial charge in [0.25, 0.3) is 5.91 Å². The van der Waals surface area contributed by atoms with Gasteiger partial charge in [-0.05, 0) is 43.0 Å². The quantitative estimate of drug-likeness (QED) is 0.694. The van der Waals surface area contributed by atoms with E-state index in [1.807, 2.05) is 29.2 Å². The fourth-order valence-corrected chi connectivity index (χ4v) is 4.59. The average molecular weight is 362 g/mol. The summed E-state index contributed by atoms with van der Waals surface area (Å²) in [7, 11) is 0. The molecule has 27 heavy (non-hydrogen) atoms. The van der Waals surface area contributed by atoms with Gasteiger partial charge in [0.2, 0.25) is 5.43 Å². The lowest BCUT2D eigenvalue weighted by Gasteiger charge is -2.28. The van der Waals surface area contributed by atoms with E-state index < -0.39 is 0 Å².